The lowest BCUT2D eigenvalue weighted by Crippen LogP contribution is -1.99. The van der Waals surface area contributed by atoms with Crippen LogP contribution >= 0.6 is 0 Å². The highest BCUT2D eigenvalue weighted by Crippen LogP contribution is 2.23. The van der Waals surface area contributed by atoms with Crippen molar-refractivity contribution in [3.05, 3.63) is 54.1 Å². The molecule has 2 rings (SSSR count). The van der Waals surface area contributed by atoms with Crippen molar-refractivity contribution in [3.8, 4) is 11.5 Å². The molecule has 2 aromatic rings. The number of anilines is 1. The molecule has 0 bridgehead atoms. The van der Waals surface area contributed by atoms with Crippen molar-refractivity contribution in [1.29, 1.82) is 0 Å². The van der Waals surface area contributed by atoms with Crippen molar-refractivity contribution < 1.29 is 10.2 Å². The molecule has 0 aliphatic rings. The number of rotatable bonds is 3. The molecule has 3 nitrogen and oxygen atoms in total. The van der Waals surface area contributed by atoms with Crippen LogP contribution in [0, 0.1) is 0 Å². The van der Waals surface area contributed by atoms with Crippen LogP contribution in [0.1, 0.15) is 5.56 Å². The third kappa shape index (κ3) is 2.25. The summed E-state index contributed by atoms with van der Waals surface area (Å²) in [5.41, 5.74) is 1.46. The fourth-order valence-electron chi connectivity index (χ4n) is 1.47. The Balaban J connectivity index is 2.09. The van der Waals surface area contributed by atoms with Crippen molar-refractivity contribution in [2.45, 2.75) is 6.54 Å². The van der Waals surface area contributed by atoms with Crippen LogP contribution in [0.5, 0.6) is 11.5 Å². The van der Waals surface area contributed by atoms with E-state index >= 15 is 0 Å². The fraction of sp³-hybridized carbons (Fsp3) is 0.0769. The van der Waals surface area contributed by atoms with E-state index in [1.54, 1.807) is 30.3 Å². The van der Waals surface area contributed by atoms with Crippen LogP contribution in [0.4, 0.5) is 5.69 Å². The highest BCUT2D eigenvalue weighted by Gasteiger charge is 2.01. The zero-order valence-electron chi connectivity index (χ0n) is 8.72. The molecule has 0 radical (unpaired) electrons. The predicted octanol–water partition coefficient (Wildman–Crippen LogP) is 2.71. The van der Waals surface area contributed by atoms with Crippen LogP contribution < -0.4 is 5.32 Å². The van der Waals surface area contributed by atoms with Gasteiger partial charge in [-0.15, -0.1) is 0 Å². The number of hydrogen-bond donors (Lipinski definition) is 3. The summed E-state index contributed by atoms with van der Waals surface area (Å²) in [6.07, 6.45) is 0. The molecule has 0 spiro atoms. The Morgan fingerprint density at radius 1 is 0.812 bits per heavy atom. The van der Waals surface area contributed by atoms with E-state index < -0.39 is 0 Å². The standard InChI is InChI=1S/C13H13NO2/c15-12-7-3-1-5-10(12)9-14-11-6-2-4-8-13(11)16/h1-8,14-16H,9H2. The molecular formula is C13H13NO2. The van der Waals surface area contributed by atoms with Crippen molar-refractivity contribution >= 4 is 5.69 Å². The van der Waals surface area contributed by atoms with Gasteiger partial charge in [-0.25, -0.2) is 0 Å². The van der Waals surface area contributed by atoms with Gasteiger partial charge in [0.15, 0.2) is 0 Å². The van der Waals surface area contributed by atoms with Crippen LogP contribution in [0.2, 0.25) is 0 Å². The summed E-state index contributed by atoms with van der Waals surface area (Å²) in [6, 6.07) is 14.1. The molecule has 16 heavy (non-hydrogen) atoms. The van der Waals surface area contributed by atoms with Gasteiger partial charge in [0.1, 0.15) is 11.5 Å². The second kappa shape index (κ2) is 4.57. The van der Waals surface area contributed by atoms with Crippen molar-refractivity contribution in [1.82, 2.24) is 0 Å². The molecule has 0 atom stereocenters. The summed E-state index contributed by atoms with van der Waals surface area (Å²) >= 11 is 0. The molecule has 0 aromatic heterocycles. The Labute approximate surface area is 94.0 Å². The molecular weight excluding hydrogens is 202 g/mol. The summed E-state index contributed by atoms with van der Waals surface area (Å²) in [4.78, 5) is 0. The van der Waals surface area contributed by atoms with E-state index in [1.807, 2.05) is 18.2 Å². The van der Waals surface area contributed by atoms with E-state index in [-0.39, 0.29) is 11.5 Å². The number of aromatic hydroxyl groups is 2. The molecule has 82 valence electrons. The van der Waals surface area contributed by atoms with Gasteiger partial charge in [-0.2, -0.15) is 0 Å². The Morgan fingerprint density at radius 3 is 2.12 bits per heavy atom. The van der Waals surface area contributed by atoms with Crippen LogP contribution in [0.15, 0.2) is 48.5 Å². The monoisotopic (exact) mass is 215 g/mol. The molecule has 0 unspecified atom stereocenters. The number of para-hydroxylation sites is 3. The Kier molecular flexibility index (Phi) is 2.96. The quantitative estimate of drug-likeness (QED) is 0.690. The van der Waals surface area contributed by atoms with Crippen LogP contribution in [0.25, 0.3) is 0 Å². The van der Waals surface area contributed by atoms with Gasteiger partial charge in [0.05, 0.1) is 5.69 Å². The maximum atomic E-state index is 9.56. The van der Waals surface area contributed by atoms with Crippen molar-refractivity contribution in [3.63, 3.8) is 0 Å². The number of hydrogen-bond acceptors (Lipinski definition) is 3. The molecule has 3 heteroatoms. The molecule has 0 amide bonds. The normalized spacial score (nSPS) is 10.0. The van der Waals surface area contributed by atoms with Gasteiger partial charge in [0, 0.05) is 12.1 Å². The summed E-state index contributed by atoms with van der Waals surface area (Å²) in [7, 11) is 0. The lowest BCUT2D eigenvalue weighted by molar-refractivity contribution is 0.468. The molecule has 0 fully saturated rings. The van der Waals surface area contributed by atoms with E-state index in [0.717, 1.165) is 5.56 Å². The largest absolute Gasteiger partial charge is 0.508 e. The highest BCUT2D eigenvalue weighted by molar-refractivity contribution is 5.55. The first kappa shape index (κ1) is 10.4. The molecule has 2 aromatic carbocycles. The van der Waals surface area contributed by atoms with Gasteiger partial charge < -0.3 is 15.5 Å². The van der Waals surface area contributed by atoms with Gasteiger partial charge >= 0.3 is 0 Å². The van der Waals surface area contributed by atoms with Gasteiger partial charge in [-0.3, -0.25) is 0 Å². The molecule has 0 aliphatic carbocycles. The smallest absolute Gasteiger partial charge is 0.138 e. The van der Waals surface area contributed by atoms with Gasteiger partial charge in [-0.1, -0.05) is 30.3 Å². The van der Waals surface area contributed by atoms with E-state index in [9.17, 15) is 10.2 Å². The average Bonchev–Trinajstić information content (AvgIpc) is 2.30. The SMILES string of the molecule is Oc1ccccc1CNc1ccccc1O. The Hall–Kier alpha value is -2.16. The summed E-state index contributed by atoms with van der Waals surface area (Å²) in [5.74, 6) is 0.461. The van der Waals surface area contributed by atoms with E-state index in [0.29, 0.717) is 12.2 Å². The molecule has 0 saturated heterocycles. The maximum absolute atomic E-state index is 9.56. The molecule has 3 N–H and O–H groups in total. The second-order valence-electron chi connectivity index (χ2n) is 3.50. The number of phenols is 2. The number of benzene rings is 2. The topological polar surface area (TPSA) is 52.5 Å². The molecule has 0 aliphatic heterocycles. The Bertz CT molecular complexity index is 437. The van der Waals surface area contributed by atoms with Crippen LogP contribution in [0.3, 0.4) is 0 Å². The maximum Gasteiger partial charge on any atom is 0.138 e. The lowest BCUT2D eigenvalue weighted by Gasteiger charge is -2.09. The lowest BCUT2D eigenvalue weighted by atomic mass is 10.2. The third-order valence-electron chi connectivity index (χ3n) is 2.36. The summed E-state index contributed by atoms with van der Waals surface area (Å²) < 4.78 is 0. The highest BCUT2D eigenvalue weighted by atomic mass is 16.3. The van der Waals surface area contributed by atoms with Gasteiger partial charge in [0.25, 0.3) is 0 Å². The fourth-order valence-corrected chi connectivity index (χ4v) is 1.47. The van der Waals surface area contributed by atoms with Crippen molar-refractivity contribution in [2.24, 2.45) is 0 Å². The van der Waals surface area contributed by atoms with Crippen molar-refractivity contribution in [2.75, 3.05) is 5.32 Å². The zero-order valence-corrected chi connectivity index (χ0v) is 8.72. The minimum Gasteiger partial charge on any atom is -0.508 e. The summed E-state index contributed by atoms with van der Waals surface area (Å²) in [5, 5.41) is 22.1. The summed E-state index contributed by atoms with van der Waals surface area (Å²) in [6.45, 7) is 0.476. The van der Waals surface area contributed by atoms with E-state index in [1.165, 1.54) is 0 Å². The third-order valence-corrected chi connectivity index (χ3v) is 2.36. The average molecular weight is 215 g/mol. The van der Waals surface area contributed by atoms with Gasteiger partial charge in [0.2, 0.25) is 0 Å². The number of phenolic OH excluding ortho intramolecular Hbond substituents is 2. The molecule has 0 saturated carbocycles. The first-order valence-electron chi connectivity index (χ1n) is 5.06. The number of nitrogens with one attached hydrogen (secondary N) is 1. The zero-order chi connectivity index (χ0) is 11.4. The van der Waals surface area contributed by atoms with E-state index in [4.69, 9.17) is 0 Å². The van der Waals surface area contributed by atoms with Gasteiger partial charge in [-0.05, 0) is 18.2 Å². The van der Waals surface area contributed by atoms with Crippen LogP contribution in [-0.4, -0.2) is 10.2 Å². The van der Waals surface area contributed by atoms with E-state index in [2.05, 4.69) is 5.32 Å². The first-order chi connectivity index (χ1) is 7.77. The van der Waals surface area contributed by atoms with Crippen LogP contribution in [-0.2, 0) is 6.54 Å². The minimum atomic E-state index is 0.206. The minimum absolute atomic E-state index is 0.206. The first-order valence-corrected chi connectivity index (χ1v) is 5.06. The second-order valence-corrected chi connectivity index (χ2v) is 3.50. The predicted molar refractivity (Wildman–Crippen MR) is 63.5 cm³/mol. The Morgan fingerprint density at radius 2 is 1.44 bits per heavy atom. The molecule has 0 heterocycles.